The smallest absolute Gasteiger partial charge is 0.255 e. The van der Waals surface area contributed by atoms with E-state index in [1.165, 1.54) is 0 Å². The summed E-state index contributed by atoms with van der Waals surface area (Å²) in [6.07, 6.45) is 0.217. The van der Waals surface area contributed by atoms with Crippen LogP contribution in [-0.2, 0) is 11.2 Å². The second-order valence-corrected chi connectivity index (χ2v) is 6.52. The van der Waals surface area contributed by atoms with Crippen molar-refractivity contribution < 1.29 is 14.3 Å². The van der Waals surface area contributed by atoms with E-state index in [2.05, 4.69) is 10.6 Å². The number of hydrogen-bond acceptors (Lipinski definition) is 3. The summed E-state index contributed by atoms with van der Waals surface area (Å²) < 4.78 is 5.24. The molecule has 0 fully saturated rings. The molecule has 0 atom stereocenters. The fraction of sp³-hybridized carbons (Fsp3) is 0.0909. The Hall–Kier alpha value is -3.31. The lowest BCUT2D eigenvalue weighted by Crippen LogP contribution is -2.16. The van der Waals surface area contributed by atoms with Crippen molar-refractivity contribution in [3.8, 4) is 5.75 Å². The van der Waals surface area contributed by atoms with Gasteiger partial charge < -0.3 is 15.4 Å². The molecule has 3 aromatic rings. The van der Waals surface area contributed by atoms with Gasteiger partial charge in [-0.3, -0.25) is 9.59 Å². The van der Waals surface area contributed by atoms with Gasteiger partial charge in [-0.1, -0.05) is 41.9 Å². The zero-order valence-corrected chi connectivity index (χ0v) is 16.0. The van der Waals surface area contributed by atoms with Crippen LogP contribution in [0.25, 0.3) is 0 Å². The van der Waals surface area contributed by atoms with Gasteiger partial charge in [0.15, 0.2) is 0 Å². The first-order valence-electron chi connectivity index (χ1n) is 8.64. The molecule has 0 saturated heterocycles. The lowest BCUT2D eigenvalue weighted by atomic mass is 10.1. The molecular formula is C22H19ClN2O3. The predicted molar refractivity (Wildman–Crippen MR) is 111 cm³/mol. The van der Waals surface area contributed by atoms with Crippen LogP contribution < -0.4 is 15.4 Å². The minimum absolute atomic E-state index is 0.176. The second kappa shape index (κ2) is 9.06. The Balaban J connectivity index is 1.66. The van der Waals surface area contributed by atoms with Crippen molar-refractivity contribution in [1.29, 1.82) is 0 Å². The third-order valence-electron chi connectivity index (χ3n) is 4.04. The zero-order chi connectivity index (χ0) is 19.9. The SMILES string of the molecule is COc1ccccc1NC(=O)c1cccc(NC(=O)Cc2ccc(Cl)cc2)c1. The molecule has 2 amide bonds. The highest BCUT2D eigenvalue weighted by Crippen LogP contribution is 2.24. The third kappa shape index (κ3) is 5.11. The number of carbonyl (C=O) groups excluding carboxylic acids is 2. The molecular weight excluding hydrogens is 376 g/mol. The largest absolute Gasteiger partial charge is 0.495 e. The van der Waals surface area contributed by atoms with Gasteiger partial charge >= 0.3 is 0 Å². The summed E-state index contributed by atoms with van der Waals surface area (Å²) in [7, 11) is 1.54. The van der Waals surface area contributed by atoms with Gasteiger partial charge in [0.2, 0.25) is 5.91 Å². The van der Waals surface area contributed by atoms with Crippen molar-refractivity contribution in [2.24, 2.45) is 0 Å². The first kappa shape index (κ1) is 19.5. The number of hydrogen-bond donors (Lipinski definition) is 2. The van der Waals surface area contributed by atoms with Crippen LogP contribution in [0.2, 0.25) is 5.02 Å². The Morgan fingerprint density at radius 1 is 0.929 bits per heavy atom. The molecule has 0 heterocycles. The molecule has 6 heteroatoms. The van der Waals surface area contributed by atoms with E-state index >= 15 is 0 Å². The van der Waals surface area contributed by atoms with E-state index in [1.54, 1.807) is 67.8 Å². The van der Waals surface area contributed by atoms with Crippen molar-refractivity contribution in [3.63, 3.8) is 0 Å². The standard InChI is InChI=1S/C22H19ClN2O3/c1-28-20-8-3-2-7-19(20)25-22(27)16-5-4-6-18(14-16)24-21(26)13-15-9-11-17(23)12-10-15/h2-12,14H,13H2,1H3,(H,24,26)(H,25,27). The minimum Gasteiger partial charge on any atom is -0.495 e. The summed E-state index contributed by atoms with van der Waals surface area (Å²) in [5.74, 6) is 0.103. The Labute approximate surface area is 168 Å². The maximum Gasteiger partial charge on any atom is 0.255 e. The van der Waals surface area contributed by atoms with Gasteiger partial charge in [0.05, 0.1) is 19.2 Å². The van der Waals surface area contributed by atoms with Crippen molar-refractivity contribution in [2.45, 2.75) is 6.42 Å². The number of para-hydroxylation sites is 2. The van der Waals surface area contributed by atoms with E-state index in [-0.39, 0.29) is 18.2 Å². The number of nitrogens with one attached hydrogen (secondary N) is 2. The highest BCUT2D eigenvalue weighted by molar-refractivity contribution is 6.30. The molecule has 28 heavy (non-hydrogen) atoms. The van der Waals surface area contributed by atoms with Gasteiger partial charge in [-0.05, 0) is 48.0 Å². The third-order valence-corrected chi connectivity index (χ3v) is 4.29. The number of rotatable bonds is 6. The molecule has 3 rings (SSSR count). The number of carbonyl (C=O) groups is 2. The van der Waals surface area contributed by atoms with Crippen LogP contribution in [0.5, 0.6) is 5.75 Å². The van der Waals surface area contributed by atoms with E-state index in [4.69, 9.17) is 16.3 Å². The Morgan fingerprint density at radius 3 is 2.43 bits per heavy atom. The average Bonchev–Trinajstić information content (AvgIpc) is 2.70. The van der Waals surface area contributed by atoms with Crippen LogP contribution >= 0.6 is 11.6 Å². The molecule has 0 aliphatic carbocycles. The summed E-state index contributed by atoms with van der Waals surface area (Å²) >= 11 is 5.86. The number of halogens is 1. The van der Waals surface area contributed by atoms with E-state index in [0.29, 0.717) is 27.7 Å². The molecule has 2 N–H and O–H groups in total. The molecule has 142 valence electrons. The van der Waals surface area contributed by atoms with Gasteiger partial charge in [0, 0.05) is 16.3 Å². The number of amides is 2. The number of benzene rings is 3. The second-order valence-electron chi connectivity index (χ2n) is 6.09. The molecule has 0 aliphatic heterocycles. The molecule has 0 radical (unpaired) electrons. The van der Waals surface area contributed by atoms with Crippen LogP contribution in [0.3, 0.4) is 0 Å². The average molecular weight is 395 g/mol. The van der Waals surface area contributed by atoms with Gasteiger partial charge in [-0.25, -0.2) is 0 Å². The van der Waals surface area contributed by atoms with E-state index in [9.17, 15) is 9.59 Å². The normalized spacial score (nSPS) is 10.2. The van der Waals surface area contributed by atoms with Crippen LogP contribution in [0, 0.1) is 0 Å². The minimum atomic E-state index is -0.293. The van der Waals surface area contributed by atoms with Crippen molar-refractivity contribution >= 4 is 34.8 Å². The number of ether oxygens (including phenoxy) is 1. The maximum atomic E-state index is 12.6. The summed E-state index contributed by atoms with van der Waals surface area (Å²) in [4.78, 5) is 24.8. The van der Waals surface area contributed by atoms with Crippen LogP contribution in [-0.4, -0.2) is 18.9 Å². The number of methoxy groups -OCH3 is 1. The van der Waals surface area contributed by atoms with E-state index < -0.39 is 0 Å². The quantitative estimate of drug-likeness (QED) is 0.632. The summed E-state index contributed by atoms with van der Waals surface area (Å²) in [6, 6.07) is 21.0. The van der Waals surface area contributed by atoms with Crippen LogP contribution in [0.1, 0.15) is 15.9 Å². The summed E-state index contributed by atoms with van der Waals surface area (Å²) in [5, 5.41) is 6.25. The molecule has 0 spiro atoms. The molecule has 3 aromatic carbocycles. The van der Waals surface area contributed by atoms with E-state index in [0.717, 1.165) is 5.56 Å². The monoisotopic (exact) mass is 394 g/mol. The summed E-state index contributed by atoms with van der Waals surface area (Å²) in [5.41, 5.74) is 2.40. The molecule has 0 unspecified atom stereocenters. The molecule has 0 bridgehead atoms. The van der Waals surface area contributed by atoms with Gasteiger partial charge in [0.1, 0.15) is 5.75 Å². The fourth-order valence-corrected chi connectivity index (χ4v) is 2.80. The molecule has 0 saturated carbocycles. The topological polar surface area (TPSA) is 67.4 Å². The van der Waals surface area contributed by atoms with Gasteiger partial charge in [0.25, 0.3) is 5.91 Å². The molecule has 0 aliphatic rings. The maximum absolute atomic E-state index is 12.6. The van der Waals surface area contributed by atoms with Gasteiger partial charge in [-0.2, -0.15) is 0 Å². The highest BCUT2D eigenvalue weighted by atomic mass is 35.5. The Kier molecular flexibility index (Phi) is 6.29. The Bertz CT molecular complexity index is 987. The first-order chi connectivity index (χ1) is 13.5. The molecule has 5 nitrogen and oxygen atoms in total. The van der Waals surface area contributed by atoms with Crippen LogP contribution in [0.4, 0.5) is 11.4 Å². The van der Waals surface area contributed by atoms with Crippen molar-refractivity contribution in [2.75, 3.05) is 17.7 Å². The van der Waals surface area contributed by atoms with Gasteiger partial charge in [-0.15, -0.1) is 0 Å². The molecule has 0 aromatic heterocycles. The first-order valence-corrected chi connectivity index (χ1v) is 9.01. The van der Waals surface area contributed by atoms with E-state index in [1.807, 2.05) is 12.1 Å². The van der Waals surface area contributed by atoms with Crippen molar-refractivity contribution in [3.05, 3.63) is 88.9 Å². The number of anilines is 2. The zero-order valence-electron chi connectivity index (χ0n) is 15.2. The fourth-order valence-electron chi connectivity index (χ4n) is 2.67. The van der Waals surface area contributed by atoms with Crippen molar-refractivity contribution in [1.82, 2.24) is 0 Å². The lowest BCUT2D eigenvalue weighted by Gasteiger charge is -2.11. The Morgan fingerprint density at radius 2 is 1.68 bits per heavy atom. The van der Waals surface area contributed by atoms with Crippen LogP contribution in [0.15, 0.2) is 72.8 Å². The lowest BCUT2D eigenvalue weighted by molar-refractivity contribution is -0.115. The summed E-state index contributed by atoms with van der Waals surface area (Å²) in [6.45, 7) is 0. The highest BCUT2D eigenvalue weighted by Gasteiger charge is 2.11. The predicted octanol–water partition coefficient (Wildman–Crippen LogP) is 4.78.